The van der Waals surface area contributed by atoms with Gasteiger partial charge in [0, 0.05) is 6.54 Å². The van der Waals surface area contributed by atoms with Crippen molar-refractivity contribution < 1.29 is 5.11 Å². The summed E-state index contributed by atoms with van der Waals surface area (Å²) in [6.45, 7) is 8.65. The number of rotatable bonds is 4. The standard InChI is InChI=1S/C7H16NO/c1-4-8(5-2)6-7(3)9/h9H,4-6H2,1-3H3. The Morgan fingerprint density at radius 1 is 1.33 bits per heavy atom. The van der Waals surface area contributed by atoms with Crippen molar-refractivity contribution in [3.63, 3.8) is 0 Å². The van der Waals surface area contributed by atoms with E-state index in [4.69, 9.17) is 5.11 Å². The molecule has 0 heterocycles. The third kappa shape index (κ3) is 4.43. The second-order valence-corrected chi connectivity index (χ2v) is 2.20. The van der Waals surface area contributed by atoms with E-state index in [-0.39, 0.29) is 0 Å². The molecule has 55 valence electrons. The van der Waals surface area contributed by atoms with Gasteiger partial charge in [0.05, 0.1) is 0 Å². The van der Waals surface area contributed by atoms with Crippen molar-refractivity contribution in [3.05, 3.63) is 6.10 Å². The van der Waals surface area contributed by atoms with Gasteiger partial charge in [-0.05, 0) is 20.0 Å². The normalized spacial score (nSPS) is 11.3. The lowest BCUT2D eigenvalue weighted by Crippen LogP contribution is -2.27. The molecule has 0 saturated heterocycles. The Balaban J connectivity index is 3.31. The molecule has 0 rings (SSSR count). The van der Waals surface area contributed by atoms with Gasteiger partial charge in [0.25, 0.3) is 0 Å². The second kappa shape index (κ2) is 4.77. The van der Waals surface area contributed by atoms with Crippen molar-refractivity contribution in [2.24, 2.45) is 0 Å². The Bertz CT molecular complexity index is 59.9. The summed E-state index contributed by atoms with van der Waals surface area (Å²) < 4.78 is 0. The van der Waals surface area contributed by atoms with Crippen molar-refractivity contribution in [2.75, 3.05) is 19.6 Å². The number of aliphatic hydroxyl groups excluding tert-OH is 1. The van der Waals surface area contributed by atoms with Crippen LogP contribution in [0.3, 0.4) is 0 Å². The van der Waals surface area contributed by atoms with Crippen molar-refractivity contribution in [1.82, 2.24) is 4.90 Å². The van der Waals surface area contributed by atoms with E-state index >= 15 is 0 Å². The quantitative estimate of drug-likeness (QED) is 0.619. The van der Waals surface area contributed by atoms with Gasteiger partial charge in [0.1, 0.15) is 6.10 Å². The first-order chi connectivity index (χ1) is 4.20. The molecular formula is C7H16NO. The van der Waals surface area contributed by atoms with Gasteiger partial charge >= 0.3 is 0 Å². The molecule has 1 radical (unpaired) electrons. The van der Waals surface area contributed by atoms with E-state index in [2.05, 4.69) is 18.7 Å². The summed E-state index contributed by atoms with van der Waals surface area (Å²) in [4.78, 5) is 2.16. The molecule has 1 N–H and O–H groups in total. The number of hydrogen-bond donors (Lipinski definition) is 1. The van der Waals surface area contributed by atoms with Gasteiger partial charge in [-0.25, -0.2) is 0 Å². The van der Waals surface area contributed by atoms with E-state index in [9.17, 15) is 0 Å². The minimum absolute atomic E-state index is 0.499. The fourth-order valence-electron chi connectivity index (χ4n) is 0.771. The molecule has 0 amide bonds. The molecule has 0 aromatic carbocycles. The SMILES string of the molecule is CCN(CC)C[C](C)O. The van der Waals surface area contributed by atoms with Crippen molar-refractivity contribution in [3.8, 4) is 0 Å². The minimum Gasteiger partial charge on any atom is -0.386 e. The number of aliphatic hydroxyl groups is 1. The summed E-state index contributed by atoms with van der Waals surface area (Å²) in [7, 11) is 0. The molecule has 0 bridgehead atoms. The average molecular weight is 130 g/mol. The van der Waals surface area contributed by atoms with Crippen LogP contribution in [0.1, 0.15) is 20.8 Å². The van der Waals surface area contributed by atoms with Crippen LogP contribution in [0, 0.1) is 6.10 Å². The van der Waals surface area contributed by atoms with Crippen LogP contribution in [0.15, 0.2) is 0 Å². The number of likely N-dealkylation sites (N-methyl/N-ethyl adjacent to an activating group) is 1. The van der Waals surface area contributed by atoms with Crippen molar-refractivity contribution in [2.45, 2.75) is 20.8 Å². The van der Waals surface area contributed by atoms with Crippen LogP contribution in [0.25, 0.3) is 0 Å². The first-order valence-corrected chi connectivity index (χ1v) is 3.44. The van der Waals surface area contributed by atoms with E-state index in [0.717, 1.165) is 13.1 Å². The summed E-state index contributed by atoms with van der Waals surface area (Å²) >= 11 is 0. The molecule has 0 atom stereocenters. The highest BCUT2D eigenvalue weighted by molar-refractivity contribution is 4.72. The number of nitrogens with zero attached hydrogens (tertiary/aromatic N) is 1. The Morgan fingerprint density at radius 2 is 1.78 bits per heavy atom. The van der Waals surface area contributed by atoms with Crippen LogP contribution in [0.5, 0.6) is 0 Å². The minimum atomic E-state index is 0.499. The molecule has 0 aromatic heterocycles. The molecule has 2 nitrogen and oxygen atoms in total. The Kier molecular flexibility index (Phi) is 4.72. The molecule has 2 heteroatoms. The van der Waals surface area contributed by atoms with Gasteiger partial charge in [-0.15, -0.1) is 0 Å². The summed E-state index contributed by atoms with van der Waals surface area (Å²) in [5.41, 5.74) is 0. The predicted molar refractivity (Wildman–Crippen MR) is 38.6 cm³/mol. The third-order valence-electron chi connectivity index (χ3n) is 1.35. The van der Waals surface area contributed by atoms with Crippen LogP contribution in [-0.4, -0.2) is 29.6 Å². The van der Waals surface area contributed by atoms with E-state index in [1.807, 2.05) is 0 Å². The molecule has 0 spiro atoms. The predicted octanol–water partition coefficient (Wildman–Crippen LogP) is 1.25. The lowest BCUT2D eigenvalue weighted by Gasteiger charge is -2.18. The fraction of sp³-hybridized carbons (Fsp3) is 0.857. The Labute approximate surface area is 57.5 Å². The highest BCUT2D eigenvalue weighted by Crippen LogP contribution is 1.95. The highest BCUT2D eigenvalue weighted by atomic mass is 16.3. The van der Waals surface area contributed by atoms with E-state index in [1.54, 1.807) is 6.92 Å². The molecule has 0 saturated carbocycles. The van der Waals surface area contributed by atoms with E-state index in [1.165, 1.54) is 0 Å². The van der Waals surface area contributed by atoms with Crippen LogP contribution in [0.2, 0.25) is 0 Å². The smallest absolute Gasteiger partial charge is 0.104 e. The highest BCUT2D eigenvalue weighted by Gasteiger charge is 2.02. The van der Waals surface area contributed by atoms with Crippen LogP contribution in [0.4, 0.5) is 0 Å². The van der Waals surface area contributed by atoms with Gasteiger partial charge in [0.15, 0.2) is 0 Å². The maximum atomic E-state index is 8.86. The van der Waals surface area contributed by atoms with Crippen LogP contribution >= 0.6 is 0 Å². The lowest BCUT2D eigenvalue weighted by atomic mass is 10.3. The van der Waals surface area contributed by atoms with Gasteiger partial charge in [-0.2, -0.15) is 0 Å². The maximum Gasteiger partial charge on any atom is 0.104 e. The fourth-order valence-corrected chi connectivity index (χ4v) is 0.771. The zero-order valence-corrected chi connectivity index (χ0v) is 6.52. The monoisotopic (exact) mass is 130 g/mol. The second-order valence-electron chi connectivity index (χ2n) is 2.20. The molecule has 0 aliphatic rings. The van der Waals surface area contributed by atoms with Gasteiger partial charge in [-0.1, -0.05) is 13.8 Å². The third-order valence-corrected chi connectivity index (χ3v) is 1.35. The van der Waals surface area contributed by atoms with Gasteiger partial charge in [-0.3, -0.25) is 0 Å². The van der Waals surface area contributed by atoms with Crippen LogP contribution < -0.4 is 0 Å². The summed E-state index contributed by atoms with van der Waals surface area (Å²) in [6.07, 6.45) is 0.499. The molecule has 0 aliphatic heterocycles. The molecular weight excluding hydrogens is 114 g/mol. The van der Waals surface area contributed by atoms with Crippen molar-refractivity contribution >= 4 is 0 Å². The van der Waals surface area contributed by atoms with Gasteiger partial charge < -0.3 is 10.0 Å². The maximum absolute atomic E-state index is 8.86. The van der Waals surface area contributed by atoms with Crippen molar-refractivity contribution in [1.29, 1.82) is 0 Å². The number of hydrogen-bond acceptors (Lipinski definition) is 2. The molecule has 0 fully saturated rings. The largest absolute Gasteiger partial charge is 0.386 e. The Morgan fingerprint density at radius 3 is 1.89 bits per heavy atom. The zero-order valence-electron chi connectivity index (χ0n) is 6.52. The summed E-state index contributed by atoms with van der Waals surface area (Å²) in [5.74, 6) is 0. The van der Waals surface area contributed by atoms with E-state index < -0.39 is 0 Å². The molecule has 9 heavy (non-hydrogen) atoms. The topological polar surface area (TPSA) is 23.5 Å². The first-order valence-electron chi connectivity index (χ1n) is 3.44. The first kappa shape index (κ1) is 8.92. The average Bonchev–Trinajstić information content (AvgIpc) is 1.82. The summed E-state index contributed by atoms with van der Waals surface area (Å²) in [6, 6.07) is 0. The van der Waals surface area contributed by atoms with Crippen LogP contribution in [-0.2, 0) is 0 Å². The molecule has 0 unspecified atom stereocenters. The van der Waals surface area contributed by atoms with E-state index in [0.29, 0.717) is 12.6 Å². The molecule has 0 aromatic rings. The molecule has 0 aliphatic carbocycles. The Hall–Kier alpha value is -0.0800. The van der Waals surface area contributed by atoms with Gasteiger partial charge in [0.2, 0.25) is 0 Å². The zero-order chi connectivity index (χ0) is 7.28. The summed E-state index contributed by atoms with van der Waals surface area (Å²) in [5, 5.41) is 8.86. The lowest BCUT2D eigenvalue weighted by molar-refractivity contribution is 0.215.